The first-order valence-corrected chi connectivity index (χ1v) is 9.72. The summed E-state index contributed by atoms with van der Waals surface area (Å²) in [5.74, 6) is 0. The molecule has 2 fully saturated rings. The van der Waals surface area contributed by atoms with E-state index in [4.69, 9.17) is 0 Å². The van der Waals surface area contributed by atoms with E-state index in [1.807, 2.05) is 0 Å². The van der Waals surface area contributed by atoms with Crippen molar-refractivity contribution < 1.29 is 8.42 Å². The molecule has 1 saturated heterocycles. The lowest BCUT2D eigenvalue weighted by Crippen LogP contribution is -2.46. The summed E-state index contributed by atoms with van der Waals surface area (Å²) in [6, 6.07) is 8.68. The van der Waals surface area contributed by atoms with Gasteiger partial charge in [0.15, 0.2) is 0 Å². The third-order valence-corrected chi connectivity index (χ3v) is 7.49. The molecule has 1 saturated carbocycles. The summed E-state index contributed by atoms with van der Waals surface area (Å²) in [4.78, 5) is 2.44. The number of aryl methyl sites for hydroxylation is 1. The molecule has 1 aromatic carbocycles. The minimum Gasteiger partial charge on any atom is -0.299 e. The van der Waals surface area contributed by atoms with Crippen LogP contribution in [0.3, 0.4) is 0 Å². The van der Waals surface area contributed by atoms with Crippen molar-refractivity contribution in [1.29, 1.82) is 0 Å². The molecular weight excluding hydrogens is 296 g/mol. The molecule has 22 heavy (non-hydrogen) atoms. The first kappa shape index (κ1) is 16.0. The number of benzene rings is 1. The number of nitrogens with zero attached hydrogens (tertiary/aromatic N) is 2. The van der Waals surface area contributed by atoms with Gasteiger partial charge in [0.2, 0.25) is 10.0 Å². The lowest BCUT2D eigenvalue weighted by molar-refractivity contribution is 0.163. The van der Waals surface area contributed by atoms with Crippen molar-refractivity contribution in [2.24, 2.45) is 0 Å². The fraction of sp³-hybridized carbons (Fsp3) is 0.647. The summed E-state index contributed by atoms with van der Waals surface area (Å²) < 4.78 is 26.3. The zero-order chi connectivity index (χ0) is 15.7. The summed E-state index contributed by atoms with van der Waals surface area (Å²) in [6.45, 7) is 5.07. The highest BCUT2D eigenvalue weighted by atomic mass is 32.2. The molecule has 0 N–H and O–H groups in total. The van der Waals surface area contributed by atoms with Gasteiger partial charge in [-0.15, -0.1) is 0 Å². The van der Waals surface area contributed by atoms with Crippen molar-refractivity contribution in [3.05, 3.63) is 35.4 Å². The van der Waals surface area contributed by atoms with E-state index < -0.39 is 10.0 Å². The second-order valence-electron chi connectivity index (χ2n) is 6.69. The molecule has 1 aromatic rings. The normalized spacial score (nSPS) is 21.4. The first-order chi connectivity index (χ1) is 10.5. The van der Waals surface area contributed by atoms with E-state index in [-0.39, 0.29) is 11.3 Å². The number of likely N-dealkylation sites (tertiary alicyclic amines) is 1. The first-order valence-electron chi connectivity index (χ1n) is 8.22. The molecule has 3 rings (SSSR count). The largest absolute Gasteiger partial charge is 0.299 e. The number of hydrogen-bond acceptors (Lipinski definition) is 3. The van der Waals surface area contributed by atoms with Gasteiger partial charge in [0, 0.05) is 32.7 Å². The lowest BCUT2D eigenvalue weighted by Gasteiger charge is -2.36. The van der Waals surface area contributed by atoms with Crippen LogP contribution in [0.2, 0.25) is 0 Å². The van der Waals surface area contributed by atoms with Gasteiger partial charge in [-0.1, -0.05) is 24.3 Å². The molecule has 1 aliphatic heterocycles. The van der Waals surface area contributed by atoms with Gasteiger partial charge >= 0.3 is 0 Å². The van der Waals surface area contributed by atoms with Gasteiger partial charge in [-0.25, -0.2) is 12.7 Å². The van der Waals surface area contributed by atoms with Gasteiger partial charge in [0.1, 0.15) is 0 Å². The molecular formula is C17H26N2O2S. The van der Waals surface area contributed by atoms with E-state index in [0.717, 1.165) is 45.3 Å². The van der Waals surface area contributed by atoms with Crippen molar-refractivity contribution in [2.45, 2.75) is 50.4 Å². The quantitative estimate of drug-likeness (QED) is 0.836. The highest BCUT2D eigenvalue weighted by Gasteiger charge is 2.41. The van der Waals surface area contributed by atoms with Crippen LogP contribution < -0.4 is 0 Å². The summed E-state index contributed by atoms with van der Waals surface area (Å²) in [5, 5.41) is -0.0949. The van der Waals surface area contributed by atoms with E-state index in [0.29, 0.717) is 0 Å². The maximum Gasteiger partial charge on any atom is 0.216 e. The number of sulfonamides is 1. The summed E-state index contributed by atoms with van der Waals surface area (Å²) in [6.07, 6.45) is 3.57. The molecule has 4 nitrogen and oxygen atoms in total. The molecule has 0 aromatic heterocycles. The maximum atomic E-state index is 12.3. The predicted molar refractivity (Wildman–Crippen MR) is 89.2 cm³/mol. The fourth-order valence-corrected chi connectivity index (χ4v) is 5.11. The third-order valence-electron chi connectivity index (χ3n) is 5.07. The molecule has 1 aliphatic carbocycles. The van der Waals surface area contributed by atoms with E-state index in [2.05, 4.69) is 36.1 Å². The smallest absolute Gasteiger partial charge is 0.216 e. The van der Waals surface area contributed by atoms with Gasteiger partial charge in [0.25, 0.3) is 0 Å². The Labute approximate surface area is 134 Å². The van der Waals surface area contributed by atoms with Crippen LogP contribution in [-0.4, -0.2) is 49.1 Å². The Morgan fingerprint density at radius 1 is 1.14 bits per heavy atom. The van der Waals surface area contributed by atoms with Crippen LogP contribution in [0.4, 0.5) is 0 Å². The molecule has 2 aliphatic rings. The number of rotatable bonds is 5. The molecule has 5 heteroatoms. The standard InChI is InChI=1S/C17H26N2O2S/c1-14-5-3-4-6-15(14)13-19-11-9-16(10-12-19)18(2)22(20,21)17-7-8-17/h3-6,16-17H,7-13H2,1-2H3. The molecule has 122 valence electrons. The Morgan fingerprint density at radius 2 is 1.77 bits per heavy atom. The molecule has 0 radical (unpaired) electrons. The Morgan fingerprint density at radius 3 is 2.36 bits per heavy atom. The summed E-state index contributed by atoms with van der Waals surface area (Å²) in [5.41, 5.74) is 2.71. The van der Waals surface area contributed by atoms with Crippen molar-refractivity contribution in [3.63, 3.8) is 0 Å². The maximum absolute atomic E-state index is 12.3. The van der Waals surface area contributed by atoms with Crippen LogP contribution in [0.25, 0.3) is 0 Å². The Balaban J connectivity index is 1.55. The number of hydrogen-bond donors (Lipinski definition) is 0. The minimum absolute atomic E-state index is 0.0949. The summed E-state index contributed by atoms with van der Waals surface area (Å²) in [7, 11) is -1.26. The van der Waals surface area contributed by atoms with E-state index in [1.165, 1.54) is 11.1 Å². The van der Waals surface area contributed by atoms with Crippen molar-refractivity contribution in [1.82, 2.24) is 9.21 Å². The Hall–Kier alpha value is -0.910. The van der Waals surface area contributed by atoms with Crippen molar-refractivity contribution >= 4 is 10.0 Å². The molecule has 1 heterocycles. The van der Waals surface area contributed by atoms with Crippen LogP contribution in [0.15, 0.2) is 24.3 Å². The van der Waals surface area contributed by atoms with Crippen LogP contribution in [0, 0.1) is 6.92 Å². The average Bonchev–Trinajstić information content (AvgIpc) is 3.35. The van der Waals surface area contributed by atoms with E-state index in [9.17, 15) is 8.42 Å². The second kappa shape index (κ2) is 6.30. The molecule has 0 bridgehead atoms. The fourth-order valence-electron chi connectivity index (χ4n) is 3.28. The lowest BCUT2D eigenvalue weighted by atomic mass is 10.0. The predicted octanol–water partition coefficient (Wildman–Crippen LogP) is 2.38. The van der Waals surface area contributed by atoms with Gasteiger partial charge < -0.3 is 0 Å². The van der Waals surface area contributed by atoms with Crippen LogP contribution >= 0.6 is 0 Å². The Bertz CT molecular complexity index is 617. The van der Waals surface area contributed by atoms with Gasteiger partial charge in [-0.3, -0.25) is 4.90 Å². The minimum atomic E-state index is -3.03. The summed E-state index contributed by atoms with van der Waals surface area (Å²) >= 11 is 0. The van der Waals surface area contributed by atoms with Crippen molar-refractivity contribution in [3.8, 4) is 0 Å². The van der Waals surface area contributed by atoms with Crippen LogP contribution in [0.1, 0.15) is 36.8 Å². The van der Waals surface area contributed by atoms with Gasteiger partial charge in [-0.2, -0.15) is 0 Å². The topological polar surface area (TPSA) is 40.6 Å². The highest BCUT2D eigenvalue weighted by molar-refractivity contribution is 7.90. The Kier molecular flexibility index (Phi) is 4.57. The number of piperidine rings is 1. The van der Waals surface area contributed by atoms with E-state index >= 15 is 0 Å². The molecule has 0 amide bonds. The zero-order valence-corrected chi connectivity index (χ0v) is 14.3. The van der Waals surface area contributed by atoms with Crippen LogP contribution in [0.5, 0.6) is 0 Å². The monoisotopic (exact) mass is 322 g/mol. The molecule has 0 unspecified atom stereocenters. The highest BCUT2D eigenvalue weighted by Crippen LogP contribution is 2.32. The molecule has 0 atom stereocenters. The average molecular weight is 322 g/mol. The SMILES string of the molecule is Cc1ccccc1CN1CCC(N(C)S(=O)(=O)C2CC2)CC1. The zero-order valence-electron chi connectivity index (χ0n) is 13.5. The molecule has 0 spiro atoms. The third kappa shape index (κ3) is 3.36. The van der Waals surface area contributed by atoms with Crippen LogP contribution in [-0.2, 0) is 16.6 Å². The van der Waals surface area contributed by atoms with Crippen molar-refractivity contribution in [2.75, 3.05) is 20.1 Å². The van der Waals surface area contributed by atoms with Gasteiger partial charge in [-0.05, 0) is 43.7 Å². The van der Waals surface area contributed by atoms with Gasteiger partial charge in [0.05, 0.1) is 5.25 Å². The second-order valence-corrected chi connectivity index (χ2v) is 8.97. The van der Waals surface area contributed by atoms with E-state index in [1.54, 1.807) is 11.4 Å².